The Hall–Kier alpha value is -1.40. The number of piperidine rings is 1. The van der Waals surface area contributed by atoms with Gasteiger partial charge in [0.2, 0.25) is 5.91 Å². The number of ether oxygens (including phenoxy) is 1. The molecule has 0 bridgehead atoms. The van der Waals surface area contributed by atoms with Gasteiger partial charge in [0.15, 0.2) is 0 Å². The van der Waals surface area contributed by atoms with Gasteiger partial charge < -0.3 is 15.4 Å². The first kappa shape index (κ1) is 15.0. The molecule has 1 aliphatic heterocycles. The molecule has 0 saturated carbocycles. The summed E-state index contributed by atoms with van der Waals surface area (Å²) >= 11 is 0. The number of nitrogens with two attached hydrogens (primary N) is 1. The lowest BCUT2D eigenvalue weighted by atomic mass is 10.1. The summed E-state index contributed by atoms with van der Waals surface area (Å²) in [6.45, 7) is 4.25. The molecule has 0 radical (unpaired) electrons. The molecule has 0 spiro atoms. The van der Waals surface area contributed by atoms with Crippen molar-refractivity contribution in [2.75, 3.05) is 19.7 Å². The van der Waals surface area contributed by atoms with Crippen molar-refractivity contribution >= 4 is 5.91 Å². The van der Waals surface area contributed by atoms with E-state index in [1.54, 1.807) is 17.1 Å². The molecule has 1 aromatic heterocycles. The van der Waals surface area contributed by atoms with Gasteiger partial charge >= 0.3 is 0 Å². The summed E-state index contributed by atoms with van der Waals surface area (Å²) in [6.07, 6.45) is 6.58. The molecule has 2 unspecified atom stereocenters. The Morgan fingerprint density at radius 1 is 1.65 bits per heavy atom. The van der Waals surface area contributed by atoms with Gasteiger partial charge in [0.05, 0.1) is 12.3 Å². The summed E-state index contributed by atoms with van der Waals surface area (Å²) in [6, 6.07) is -0.631. The zero-order valence-electron chi connectivity index (χ0n) is 12.3. The SMILES string of the molecule is CCCOC1CCCN(C(=O)C(N)c2cnn(C)c2)C1. The van der Waals surface area contributed by atoms with Crippen LogP contribution in [0.2, 0.25) is 0 Å². The van der Waals surface area contributed by atoms with E-state index in [4.69, 9.17) is 10.5 Å². The third-order valence-electron chi connectivity index (χ3n) is 3.60. The summed E-state index contributed by atoms with van der Waals surface area (Å²) < 4.78 is 7.41. The van der Waals surface area contributed by atoms with E-state index in [1.165, 1.54) is 0 Å². The second-order valence-electron chi connectivity index (χ2n) is 5.34. The average molecular weight is 280 g/mol. The predicted molar refractivity (Wildman–Crippen MR) is 76.0 cm³/mol. The molecule has 112 valence electrons. The molecule has 1 fully saturated rings. The van der Waals surface area contributed by atoms with Crippen LogP contribution >= 0.6 is 0 Å². The van der Waals surface area contributed by atoms with Crippen molar-refractivity contribution in [1.82, 2.24) is 14.7 Å². The van der Waals surface area contributed by atoms with Crippen LogP contribution in [0.1, 0.15) is 37.8 Å². The molecule has 2 N–H and O–H groups in total. The number of likely N-dealkylation sites (tertiary alicyclic amines) is 1. The zero-order valence-corrected chi connectivity index (χ0v) is 12.3. The third-order valence-corrected chi connectivity index (χ3v) is 3.60. The summed E-state index contributed by atoms with van der Waals surface area (Å²) in [5.41, 5.74) is 6.80. The van der Waals surface area contributed by atoms with E-state index >= 15 is 0 Å². The van der Waals surface area contributed by atoms with Crippen molar-refractivity contribution in [2.45, 2.75) is 38.3 Å². The van der Waals surface area contributed by atoms with E-state index in [0.717, 1.165) is 38.0 Å². The Balaban J connectivity index is 1.94. The summed E-state index contributed by atoms with van der Waals surface area (Å²) in [7, 11) is 1.82. The molecule has 1 saturated heterocycles. The standard InChI is InChI=1S/C14H24N4O2/c1-3-7-20-12-5-4-6-18(10-12)14(19)13(15)11-8-16-17(2)9-11/h8-9,12-13H,3-7,10,15H2,1-2H3. The molecule has 1 aliphatic rings. The quantitative estimate of drug-likeness (QED) is 0.867. The number of amides is 1. The van der Waals surface area contributed by atoms with E-state index in [-0.39, 0.29) is 12.0 Å². The highest BCUT2D eigenvalue weighted by Crippen LogP contribution is 2.18. The molecule has 6 nitrogen and oxygen atoms in total. The van der Waals surface area contributed by atoms with Gasteiger partial charge in [-0.15, -0.1) is 0 Å². The van der Waals surface area contributed by atoms with Gasteiger partial charge in [-0.25, -0.2) is 0 Å². The van der Waals surface area contributed by atoms with Crippen LogP contribution in [0.4, 0.5) is 0 Å². The van der Waals surface area contributed by atoms with Crippen molar-refractivity contribution in [1.29, 1.82) is 0 Å². The molecule has 2 rings (SSSR count). The number of carbonyl (C=O) groups excluding carboxylic acids is 1. The Morgan fingerprint density at radius 3 is 3.10 bits per heavy atom. The minimum atomic E-state index is -0.631. The van der Waals surface area contributed by atoms with Gasteiger partial charge in [0.1, 0.15) is 6.04 Å². The molecular weight excluding hydrogens is 256 g/mol. The van der Waals surface area contributed by atoms with Gasteiger partial charge in [-0.1, -0.05) is 6.92 Å². The fourth-order valence-electron chi connectivity index (χ4n) is 2.50. The van der Waals surface area contributed by atoms with Crippen LogP contribution < -0.4 is 5.73 Å². The van der Waals surface area contributed by atoms with Crippen LogP contribution in [0, 0.1) is 0 Å². The maximum Gasteiger partial charge on any atom is 0.244 e. The highest BCUT2D eigenvalue weighted by atomic mass is 16.5. The average Bonchev–Trinajstić information content (AvgIpc) is 2.90. The van der Waals surface area contributed by atoms with E-state index in [0.29, 0.717) is 6.54 Å². The number of rotatable bonds is 5. The Labute approximate surface area is 119 Å². The second kappa shape index (κ2) is 6.85. The Kier molecular flexibility index (Phi) is 5.14. The molecule has 2 heterocycles. The Morgan fingerprint density at radius 2 is 2.45 bits per heavy atom. The van der Waals surface area contributed by atoms with Gasteiger partial charge in [0, 0.05) is 38.5 Å². The molecule has 20 heavy (non-hydrogen) atoms. The maximum absolute atomic E-state index is 12.4. The molecule has 0 aliphatic carbocycles. The van der Waals surface area contributed by atoms with Crippen LogP contribution in [-0.4, -0.2) is 46.4 Å². The third kappa shape index (κ3) is 3.58. The highest BCUT2D eigenvalue weighted by Gasteiger charge is 2.28. The summed E-state index contributed by atoms with van der Waals surface area (Å²) in [5, 5.41) is 4.06. The van der Waals surface area contributed by atoms with Crippen LogP contribution in [0.5, 0.6) is 0 Å². The van der Waals surface area contributed by atoms with Crippen molar-refractivity contribution in [3.05, 3.63) is 18.0 Å². The number of carbonyl (C=O) groups is 1. The lowest BCUT2D eigenvalue weighted by Crippen LogP contribution is -2.46. The van der Waals surface area contributed by atoms with Crippen LogP contribution in [0.3, 0.4) is 0 Å². The molecular formula is C14H24N4O2. The van der Waals surface area contributed by atoms with Gasteiger partial charge in [-0.3, -0.25) is 9.48 Å². The van der Waals surface area contributed by atoms with Crippen LogP contribution in [-0.2, 0) is 16.6 Å². The first-order chi connectivity index (χ1) is 9.61. The molecule has 1 amide bonds. The number of hydrogen-bond donors (Lipinski definition) is 1. The first-order valence-electron chi connectivity index (χ1n) is 7.26. The van der Waals surface area contributed by atoms with Crippen molar-refractivity contribution in [3.8, 4) is 0 Å². The molecule has 2 atom stereocenters. The monoisotopic (exact) mass is 280 g/mol. The van der Waals surface area contributed by atoms with Crippen LogP contribution in [0.15, 0.2) is 12.4 Å². The second-order valence-corrected chi connectivity index (χ2v) is 5.34. The van der Waals surface area contributed by atoms with Crippen molar-refractivity contribution < 1.29 is 9.53 Å². The van der Waals surface area contributed by atoms with E-state index in [2.05, 4.69) is 12.0 Å². The Bertz CT molecular complexity index is 446. The fourth-order valence-corrected chi connectivity index (χ4v) is 2.50. The van der Waals surface area contributed by atoms with Gasteiger partial charge in [-0.05, 0) is 19.3 Å². The molecule has 6 heteroatoms. The van der Waals surface area contributed by atoms with Crippen molar-refractivity contribution in [3.63, 3.8) is 0 Å². The lowest BCUT2D eigenvalue weighted by molar-refractivity contribution is -0.136. The minimum Gasteiger partial charge on any atom is -0.376 e. The number of hydrogen-bond acceptors (Lipinski definition) is 4. The predicted octanol–water partition coefficient (Wildman–Crippen LogP) is 0.838. The molecule has 0 aromatic carbocycles. The molecule has 1 aromatic rings. The van der Waals surface area contributed by atoms with E-state index in [9.17, 15) is 4.79 Å². The number of aromatic nitrogens is 2. The summed E-state index contributed by atoms with van der Waals surface area (Å²) in [5.74, 6) is -0.0391. The van der Waals surface area contributed by atoms with E-state index in [1.807, 2.05) is 11.9 Å². The topological polar surface area (TPSA) is 73.4 Å². The largest absolute Gasteiger partial charge is 0.376 e. The minimum absolute atomic E-state index is 0.0391. The van der Waals surface area contributed by atoms with Gasteiger partial charge in [0.25, 0.3) is 0 Å². The normalized spacial score (nSPS) is 20.9. The smallest absolute Gasteiger partial charge is 0.244 e. The highest BCUT2D eigenvalue weighted by molar-refractivity contribution is 5.83. The maximum atomic E-state index is 12.4. The fraction of sp³-hybridized carbons (Fsp3) is 0.714. The van der Waals surface area contributed by atoms with E-state index < -0.39 is 6.04 Å². The number of aryl methyl sites for hydroxylation is 1. The zero-order chi connectivity index (χ0) is 14.5. The van der Waals surface area contributed by atoms with Gasteiger partial charge in [-0.2, -0.15) is 5.10 Å². The van der Waals surface area contributed by atoms with Crippen molar-refractivity contribution in [2.24, 2.45) is 12.8 Å². The summed E-state index contributed by atoms with van der Waals surface area (Å²) in [4.78, 5) is 14.3. The first-order valence-corrected chi connectivity index (χ1v) is 7.26. The lowest BCUT2D eigenvalue weighted by Gasteiger charge is -2.34. The number of nitrogens with zero attached hydrogens (tertiary/aromatic N) is 3. The van der Waals surface area contributed by atoms with Crippen LogP contribution in [0.25, 0.3) is 0 Å².